The smallest absolute Gasteiger partial charge is 0.226 e. The van der Waals surface area contributed by atoms with Crippen molar-refractivity contribution in [2.75, 3.05) is 25.6 Å². The Kier molecular flexibility index (Phi) is 5.24. The molecule has 20 heavy (non-hydrogen) atoms. The summed E-state index contributed by atoms with van der Waals surface area (Å²) in [6.07, 6.45) is 2.45. The Hall–Kier alpha value is -1.75. The van der Waals surface area contributed by atoms with Crippen LogP contribution in [-0.2, 0) is 9.53 Å². The van der Waals surface area contributed by atoms with Gasteiger partial charge in [0.15, 0.2) is 11.5 Å². The molecule has 1 unspecified atom stereocenters. The van der Waals surface area contributed by atoms with Crippen molar-refractivity contribution < 1.29 is 19.0 Å². The number of hydrogen-bond acceptors (Lipinski definition) is 4. The van der Waals surface area contributed by atoms with Gasteiger partial charge in [-0.2, -0.15) is 0 Å². The van der Waals surface area contributed by atoms with Gasteiger partial charge in [-0.1, -0.05) is 0 Å². The normalized spacial score (nSPS) is 17.8. The summed E-state index contributed by atoms with van der Waals surface area (Å²) in [5.74, 6) is 1.25. The van der Waals surface area contributed by atoms with E-state index in [1.807, 2.05) is 6.92 Å². The van der Waals surface area contributed by atoms with Crippen LogP contribution in [-0.4, -0.2) is 32.3 Å². The Bertz CT molecular complexity index is 455. The van der Waals surface area contributed by atoms with Crippen molar-refractivity contribution >= 4 is 11.6 Å². The van der Waals surface area contributed by atoms with Crippen LogP contribution in [0.3, 0.4) is 0 Å². The van der Waals surface area contributed by atoms with E-state index in [1.54, 1.807) is 25.3 Å². The molecule has 1 aliphatic rings. The molecule has 1 fully saturated rings. The molecule has 0 bridgehead atoms. The van der Waals surface area contributed by atoms with Gasteiger partial charge >= 0.3 is 0 Å². The molecule has 0 spiro atoms. The van der Waals surface area contributed by atoms with Gasteiger partial charge in [0, 0.05) is 18.4 Å². The number of rotatable bonds is 6. The molecule has 1 saturated heterocycles. The van der Waals surface area contributed by atoms with Gasteiger partial charge in [-0.05, 0) is 31.9 Å². The monoisotopic (exact) mass is 279 g/mol. The van der Waals surface area contributed by atoms with Crippen molar-refractivity contribution in [1.29, 1.82) is 0 Å². The molecule has 0 saturated carbocycles. The first-order chi connectivity index (χ1) is 9.72. The van der Waals surface area contributed by atoms with Crippen LogP contribution >= 0.6 is 0 Å². The predicted octanol–water partition coefficient (Wildman–Crippen LogP) is 2.60. The third-order valence-corrected chi connectivity index (χ3v) is 3.18. The van der Waals surface area contributed by atoms with E-state index in [0.717, 1.165) is 19.4 Å². The van der Waals surface area contributed by atoms with Gasteiger partial charge < -0.3 is 19.5 Å². The minimum Gasteiger partial charge on any atom is -0.493 e. The summed E-state index contributed by atoms with van der Waals surface area (Å²) in [5, 5.41) is 2.86. The van der Waals surface area contributed by atoms with E-state index in [1.165, 1.54) is 0 Å². The van der Waals surface area contributed by atoms with Crippen LogP contribution in [0.15, 0.2) is 18.2 Å². The Labute approximate surface area is 119 Å². The molecular formula is C15H21NO4. The molecule has 1 aromatic rings. The Morgan fingerprint density at radius 2 is 2.30 bits per heavy atom. The molecule has 1 aliphatic heterocycles. The van der Waals surface area contributed by atoms with E-state index in [2.05, 4.69) is 5.32 Å². The lowest BCUT2D eigenvalue weighted by atomic mass is 10.1. The highest BCUT2D eigenvalue weighted by Crippen LogP contribution is 2.30. The maximum atomic E-state index is 11.9. The fourth-order valence-corrected chi connectivity index (χ4v) is 2.24. The number of carbonyl (C=O) groups is 1. The maximum Gasteiger partial charge on any atom is 0.226 e. The average molecular weight is 279 g/mol. The fourth-order valence-electron chi connectivity index (χ4n) is 2.24. The number of benzene rings is 1. The van der Waals surface area contributed by atoms with Crippen molar-refractivity contribution in [3.63, 3.8) is 0 Å². The van der Waals surface area contributed by atoms with Crippen molar-refractivity contribution in [3.8, 4) is 11.5 Å². The Morgan fingerprint density at radius 1 is 1.45 bits per heavy atom. The summed E-state index contributed by atoms with van der Waals surface area (Å²) >= 11 is 0. The molecule has 0 aromatic heterocycles. The number of nitrogens with one attached hydrogen (secondary N) is 1. The van der Waals surface area contributed by atoms with Gasteiger partial charge in [-0.25, -0.2) is 0 Å². The van der Waals surface area contributed by atoms with Crippen molar-refractivity contribution in [1.82, 2.24) is 0 Å². The van der Waals surface area contributed by atoms with E-state index in [4.69, 9.17) is 14.2 Å². The van der Waals surface area contributed by atoms with Gasteiger partial charge in [0.05, 0.1) is 26.2 Å². The van der Waals surface area contributed by atoms with Gasteiger partial charge in [-0.15, -0.1) is 0 Å². The number of carbonyl (C=O) groups excluding carboxylic acids is 1. The molecule has 1 aromatic carbocycles. The standard InChI is InChI=1S/C15H21NO4/c1-3-19-13-7-6-11(9-14(13)18-2)16-15(17)10-12-5-4-8-20-12/h6-7,9,12H,3-5,8,10H2,1-2H3,(H,16,17). The van der Waals surface area contributed by atoms with Gasteiger partial charge in [0.25, 0.3) is 0 Å². The summed E-state index contributed by atoms with van der Waals surface area (Å²) in [4.78, 5) is 11.9. The van der Waals surface area contributed by atoms with E-state index in [9.17, 15) is 4.79 Å². The largest absolute Gasteiger partial charge is 0.493 e. The molecule has 1 heterocycles. The SMILES string of the molecule is CCOc1ccc(NC(=O)CC2CCCO2)cc1OC. The molecule has 0 radical (unpaired) electrons. The van der Waals surface area contributed by atoms with E-state index < -0.39 is 0 Å². The van der Waals surface area contributed by atoms with E-state index in [0.29, 0.717) is 30.2 Å². The van der Waals surface area contributed by atoms with E-state index in [-0.39, 0.29) is 12.0 Å². The number of amides is 1. The molecule has 5 nitrogen and oxygen atoms in total. The van der Waals surface area contributed by atoms with Crippen LogP contribution in [0.4, 0.5) is 5.69 Å². The second-order valence-corrected chi connectivity index (χ2v) is 4.69. The fraction of sp³-hybridized carbons (Fsp3) is 0.533. The second-order valence-electron chi connectivity index (χ2n) is 4.69. The van der Waals surface area contributed by atoms with Crippen molar-refractivity contribution in [2.24, 2.45) is 0 Å². The highest BCUT2D eigenvalue weighted by Gasteiger charge is 2.19. The summed E-state index contributed by atoms with van der Waals surface area (Å²) in [7, 11) is 1.58. The number of methoxy groups -OCH3 is 1. The zero-order chi connectivity index (χ0) is 14.4. The molecule has 1 amide bonds. The number of hydrogen-bond donors (Lipinski definition) is 1. The first-order valence-corrected chi connectivity index (χ1v) is 6.95. The highest BCUT2D eigenvalue weighted by atomic mass is 16.5. The van der Waals surface area contributed by atoms with Crippen LogP contribution in [0.1, 0.15) is 26.2 Å². The van der Waals surface area contributed by atoms with Crippen molar-refractivity contribution in [2.45, 2.75) is 32.3 Å². The zero-order valence-electron chi connectivity index (χ0n) is 12.0. The topological polar surface area (TPSA) is 56.8 Å². The quantitative estimate of drug-likeness (QED) is 0.869. The average Bonchev–Trinajstić information content (AvgIpc) is 2.93. The maximum absolute atomic E-state index is 11.9. The van der Waals surface area contributed by atoms with Crippen LogP contribution in [0.5, 0.6) is 11.5 Å². The molecule has 2 rings (SSSR count). The summed E-state index contributed by atoms with van der Waals surface area (Å²) < 4.78 is 16.1. The van der Waals surface area contributed by atoms with Crippen LogP contribution in [0.2, 0.25) is 0 Å². The first-order valence-electron chi connectivity index (χ1n) is 6.95. The van der Waals surface area contributed by atoms with Crippen LogP contribution < -0.4 is 14.8 Å². The van der Waals surface area contributed by atoms with E-state index >= 15 is 0 Å². The molecule has 0 aliphatic carbocycles. The lowest BCUT2D eigenvalue weighted by molar-refractivity contribution is -0.118. The minimum absolute atomic E-state index is 0.0388. The lowest BCUT2D eigenvalue weighted by Crippen LogP contribution is -2.19. The zero-order valence-corrected chi connectivity index (χ0v) is 12.0. The van der Waals surface area contributed by atoms with Gasteiger partial charge in [-0.3, -0.25) is 4.79 Å². The third kappa shape index (κ3) is 3.87. The molecule has 5 heteroatoms. The Morgan fingerprint density at radius 3 is 2.95 bits per heavy atom. The molecular weight excluding hydrogens is 258 g/mol. The predicted molar refractivity (Wildman–Crippen MR) is 76.4 cm³/mol. The molecule has 110 valence electrons. The van der Waals surface area contributed by atoms with Crippen molar-refractivity contribution in [3.05, 3.63) is 18.2 Å². The minimum atomic E-state index is -0.0388. The second kappa shape index (κ2) is 7.14. The third-order valence-electron chi connectivity index (χ3n) is 3.18. The van der Waals surface area contributed by atoms with Gasteiger partial charge in [0.1, 0.15) is 0 Å². The summed E-state index contributed by atoms with van der Waals surface area (Å²) in [6.45, 7) is 3.24. The molecule has 1 N–H and O–H groups in total. The number of anilines is 1. The highest BCUT2D eigenvalue weighted by molar-refractivity contribution is 5.91. The number of ether oxygens (including phenoxy) is 3. The summed E-state index contributed by atoms with van der Waals surface area (Å²) in [6, 6.07) is 5.36. The lowest BCUT2D eigenvalue weighted by Gasteiger charge is -2.13. The van der Waals surface area contributed by atoms with Crippen LogP contribution in [0, 0.1) is 0 Å². The van der Waals surface area contributed by atoms with Crippen LogP contribution in [0.25, 0.3) is 0 Å². The summed E-state index contributed by atoms with van der Waals surface area (Å²) in [5.41, 5.74) is 0.702. The molecule has 1 atom stereocenters. The first kappa shape index (κ1) is 14.7. The Balaban J connectivity index is 1.96. The van der Waals surface area contributed by atoms with Gasteiger partial charge in [0.2, 0.25) is 5.91 Å².